The molecular formula is C12H12N4O6S. The Morgan fingerprint density at radius 3 is 2.39 bits per heavy atom. The van der Waals surface area contributed by atoms with Gasteiger partial charge in [0.2, 0.25) is 10.0 Å². The molecule has 1 heterocycles. The van der Waals surface area contributed by atoms with Crippen LogP contribution in [0.3, 0.4) is 0 Å². The Kier molecular flexibility index (Phi) is 4.62. The molecule has 0 spiro atoms. The molecule has 0 bridgehead atoms. The molecule has 1 aromatic carbocycles. The molecular weight excluding hydrogens is 328 g/mol. The van der Waals surface area contributed by atoms with E-state index in [1.165, 1.54) is 24.3 Å². The van der Waals surface area contributed by atoms with Crippen LogP contribution in [-0.4, -0.2) is 36.9 Å². The highest BCUT2D eigenvalue weighted by Crippen LogP contribution is 2.12. The molecule has 0 unspecified atom stereocenters. The Bertz CT molecular complexity index is 881. The minimum absolute atomic E-state index is 0.0988. The zero-order chi connectivity index (χ0) is 17.0. The van der Waals surface area contributed by atoms with E-state index in [1.807, 2.05) is 0 Å². The Labute approximate surface area is 129 Å². The summed E-state index contributed by atoms with van der Waals surface area (Å²) < 4.78 is 26.9. The molecule has 122 valence electrons. The molecule has 2 aromatic rings. The molecule has 2 rings (SSSR count). The molecule has 5 N–H and O–H groups in total. The number of sulfonamides is 1. The van der Waals surface area contributed by atoms with Gasteiger partial charge < -0.3 is 20.0 Å². The Hall–Kier alpha value is -2.92. The standard InChI is InChI=1S/C12H12N4O6S/c13-23(20,21)8-3-1-7(2-4-8)15-10(17)6-22-11(18)9-5-14-12(19)16-9/h1-5H,6H2,(H,15,17)(H2,13,20,21)(H2,14,16,19). The summed E-state index contributed by atoms with van der Waals surface area (Å²) in [6.07, 6.45) is 1.12. The van der Waals surface area contributed by atoms with Gasteiger partial charge >= 0.3 is 11.7 Å². The summed E-state index contributed by atoms with van der Waals surface area (Å²) in [4.78, 5) is 38.3. The number of esters is 1. The van der Waals surface area contributed by atoms with Crippen LogP contribution < -0.4 is 16.1 Å². The van der Waals surface area contributed by atoms with Crippen LogP contribution in [-0.2, 0) is 19.6 Å². The Morgan fingerprint density at radius 2 is 1.87 bits per heavy atom. The average molecular weight is 340 g/mol. The van der Waals surface area contributed by atoms with Gasteiger partial charge in [0.1, 0.15) is 5.69 Å². The van der Waals surface area contributed by atoms with Gasteiger partial charge in [-0.1, -0.05) is 0 Å². The minimum atomic E-state index is -3.81. The predicted molar refractivity (Wildman–Crippen MR) is 78.1 cm³/mol. The lowest BCUT2D eigenvalue weighted by molar-refractivity contribution is -0.119. The lowest BCUT2D eigenvalue weighted by Crippen LogP contribution is -2.21. The van der Waals surface area contributed by atoms with E-state index in [0.717, 1.165) is 6.20 Å². The van der Waals surface area contributed by atoms with Crippen molar-refractivity contribution in [3.05, 3.63) is 46.6 Å². The fraction of sp³-hybridized carbons (Fsp3) is 0.0833. The van der Waals surface area contributed by atoms with Crippen molar-refractivity contribution in [3.63, 3.8) is 0 Å². The van der Waals surface area contributed by atoms with E-state index in [9.17, 15) is 22.8 Å². The Balaban J connectivity index is 1.90. The third kappa shape index (κ3) is 4.52. The second kappa shape index (κ2) is 6.46. The SMILES string of the molecule is NS(=O)(=O)c1ccc(NC(=O)COC(=O)c2c[nH]c(=O)[nH]2)cc1. The first kappa shape index (κ1) is 16.5. The summed E-state index contributed by atoms with van der Waals surface area (Å²) >= 11 is 0. The summed E-state index contributed by atoms with van der Waals surface area (Å²) in [5, 5.41) is 7.35. The van der Waals surface area contributed by atoms with Crippen LogP contribution in [0.25, 0.3) is 0 Å². The van der Waals surface area contributed by atoms with Gasteiger partial charge in [0.15, 0.2) is 6.61 Å². The summed E-state index contributed by atoms with van der Waals surface area (Å²) in [5.74, 6) is -1.51. The van der Waals surface area contributed by atoms with Crippen molar-refractivity contribution in [3.8, 4) is 0 Å². The van der Waals surface area contributed by atoms with Gasteiger partial charge in [0.25, 0.3) is 5.91 Å². The predicted octanol–water partition coefficient (Wildman–Crippen LogP) is -0.854. The van der Waals surface area contributed by atoms with Crippen molar-refractivity contribution in [1.82, 2.24) is 9.97 Å². The fourth-order valence-electron chi connectivity index (χ4n) is 1.58. The first-order chi connectivity index (χ1) is 10.8. The lowest BCUT2D eigenvalue weighted by atomic mass is 10.3. The van der Waals surface area contributed by atoms with Crippen molar-refractivity contribution < 1.29 is 22.7 Å². The number of nitrogens with one attached hydrogen (secondary N) is 3. The van der Waals surface area contributed by atoms with E-state index in [1.54, 1.807) is 0 Å². The number of ether oxygens (including phenoxy) is 1. The van der Waals surface area contributed by atoms with E-state index in [4.69, 9.17) is 9.88 Å². The first-order valence-corrected chi connectivity index (χ1v) is 7.68. The van der Waals surface area contributed by atoms with Crippen molar-refractivity contribution in [2.75, 3.05) is 11.9 Å². The van der Waals surface area contributed by atoms with Gasteiger partial charge in [-0.15, -0.1) is 0 Å². The molecule has 1 aromatic heterocycles. The summed E-state index contributed by atoms with van der Waals surface area (Å²) in [5.41, 5.74) is -0.384. The third-order valence-electron chi connectivity index (χ3n) is 2.62. The number of benzene rings is 1. The Morgan fingerprint density at radius 1 is 1.22 bits per heavy atom. The molecule has 0 fully saturated rings. The summed E-state index contributed by atoms with van der Waals surface area (Å²) in [6.45, 7) is -0.580. The molecule has 0 aliphatic rings. The number of imidazole rings is 1. The number of carbonyl (C=O) groups excluding carboxylic acids is 2. The zero-order valence-corrected chi connectivity index (χ0v) is 12.3. The van der Waals surface area contributed by atoms with Crippen LogP contribution >= 0.6 is 0 Å². The van der Waals surface area contributed by atoms with Crippen molar-refractivity contribution >= 4 is 27.6 Å². The van der Waals surface area contributed by atoms with Crippen LogP contribution in [0, 0.1) is 0 Å². The zero-order valence-electron chi connectivity index (χ0n) is 11.5. The summed E-state index contributed by atoms with van der Waals surface area (Å²) in [7, 11) is -3.81. The number of anilines is 1. The number of hydrogen-bond acceptors (Lipinski definition) is 6. The average Bonchev–Trinajstić information content (AvgIpc) is 2.91. The van der Waals surface area contributed by atoms with Crippen LogP contribution in [0.2, 0.25) is 0 Å². The van der Waals surface area contributed by atoms with Crippen molar-refractivity contribution in [2.45, 2.75) is 4.90 Å². The van der Waals surface area contributed by atoms with Crippen LogP contribution in [0.1, 0.15) is 10.5 Å². The molecule has 0 saturated heterocycles. The lowest BCUT2D eigenvalue weighted by Gasteiger charge is -2.06. The number of carbonyl (C=O) groups is 2. The number of amides is 1. The molecule has 10 nitrogen and oxygen atoms in total. The van der Waals surface area contributed by atoms with Gasteiger partial charge in [0.05, 0.1) is 4.90 Å². The van der Waals surface area contributed by atoms with Gasteiger partial charge in [-0.3, -0.25) is 4.79 Å². The maximum Gasteiger partial charge on any atom is 0.356 e. The molecule has 0 aliphatic heterocycles. The highest BCUT2D eigenvalue weighted by atomic mass is 32.2. The van der Waals surface area contributed by atoms with E-state index in [0.29, 0.717) is 5.69 Å². The highest BCUT2D eigenvalue weighted by Gasteiger charge is 2.12. The minimum Gasteiger partial charge on any atom is -0.451 e. The fourth-order valence-corrected chi connectivity index (χ4v) is 2.09. The number of rotatable bonds is 5. The molecule has 0 saturated carbocycles. The van der Waals surface area contributed by atoms with E-state index < -0.39 is 34.2 Å². The first-order valence-electron chi connectivity index (χ1n) is 6.13. The van der Waals surface area contributed by atoms with E-state index >= 15 is 0 Å². The molecule has 0 atom stereocenters. The monoisotopic (exact) mass is 340 g/mol. The summed E-state index contributed by atoms with van der Waals surface area (Å²) in [6, 6.07) is 5.12. The van der Waals surface area contributed by atoms with Crippen molar-refractivity contribution in [1.29, 1.82) is 0 Å². The highest BCUT2D eigenvalue weighted by molar-refractivity contribution is 7.89. The van der Waals surface area contributed by atoms with Gasteiger partial charge in [-0.2, -0.15) is 0 Å². The quantitative estimate of drug-likeness (QED) is 0.517. The molecule has 0 radical (unpaired) electrons. The van der Waals surface area contributed by atoms with Crippen molar-refractivity contribution in [2.24, 2.45) is 5.14 Å². The number of nitrogens with two attached hydrogens (primary N) is 1. The molecule has 11 heteroatoms. The second-order valence-electron chi connectivity index (χ2n) is 4.35. The maximum absolute atomic E-state index is 11.6. The normalized spacial score (nSPS) is 11.0. The van der Waals surface area contributed by atoms with Gasteiger partial charge in [-0.05, 0) is 24.3 Å². The van der Waals surface area contributed by atoms with Crippen LogP contribution in [0.4, 0.5) is 5.69 Å². The van der Waals surface area contributed by atoms with Crippen LogP contribution in [0.5, 0.6) is 0 Å². The largest absolute Gasteiger partial charge is 0.451 e. The number of aromatic nitrogens is 2. The second-order valence-corrected chi connectivity index (χ2v) is 5.91. The number of aromatic amines is 2. The van der Waals surface area contributed by atoms with Gasteiger partial charge in [0, 0.05) is 11.9 Å². The third-order valence-corrected chi connectivity index (χ3v) is 3.55. The number of H-pyrrole nitrogens is 2. The molecule has 1 amide bonds. The molecule has 0 aliphatic carbocycles. The number of primary sulfonamides is 1. The number of hydrogen-bond donors (Lipinski definition) is 4. The molecule has 23 heavy (non-hydrogen) atoms. The van der Waals surface area contributed by atoms with E-state index in [2.05, 4.69) is 15.3 Å². The van der Waals surface area contributed by atoms with Crippen LogP contribution in [0.15, 0.2) is 40.2 Å². The topological polar surface area (TPSA) is 164 Å². The maximum atomic E-state index is 11.6. The van der Waals surface area contributed by atoms with Gasteiger partial charge in [-0.25, -0.2) is 23.1 Å². The smallest absolute Gasteiger partial charge is 0.356 e. The van der Waals surface area contributed by atoms with E-state index in [-0.39, 0.29) is 10.6 Å².